The summed E-state index contributed by atoms with van der Waals surface area (Å²) < 4.78 is 27.3. The van der Waals surface area contributed by atoms with Crippen LogP contribution in [0.1, 0.15) is 41.1 Å². The highest BCUT2D eigenvalue weighted by Gasteiger charge is 2.34. The number of halogens is 2. The molecule has 0 spiro atoms. The fraction of sp³-hybridized carbons (Fsp3) is 0.524. The number of aromatic amines is 1. The molecular weight excluding hydrogens is 362 g/mol. The summed E-state index contributed by atoms with van der Waals surface area (Å²) in [7, 11) is 0. The van der Waals surface area contributed by atoms with Gasteiger partial charge in [-0.3, -0.25) is 9.69 Å². The van der Waals surface area contributed by atoms with Gasteiger partial charge in [-0.05, 0) is 57.2 Å². The van der Waals surface area contributed by atoms with Gasteiger partial charge in [0.25, 0.3) is 5.91 Å². The van der Waals surface area contributed by atoms with Gasteiger partial charge in [0.1, 0.15) is 11.5 Å². The number of nitrogens with zero attached hydrogens (tertiary/aromatic N) is 3. The van der Waals surface area contributed by atoms with Crippen LogP contribution in [0.2, 0.25) is 0 Å². The standard InChI is InChI=1S/C21H26F2N4O/c1-14-24-11-19(25-14)21(28)27-10-7-16(13-27)15-5-8-26(9-6-15)12-17-3-2-4-18(22)20(17)23/h2-4,11,15-16H,5-10,12-13H2,1H3,(H,24,25)/t16-/m1/s1. The van der Waals surface area contributed by atoms with E-state index >= 15 is 0 Å². The smallest absolute Gasteiger partial charge is 0.271 e. The minimum absolute atomic E-state index is 0.0297. The van der Waals surface area contributed by atoms with Crippen molar-refractivity contribution in [1.29, 1.82) is 0 Å². The number of aryl methyl sites for hydroxylation is 1. The van der Waals surface area contributed by atoms with Gasteiger partial charge in [0.05, 0.1) is 6.20 Å². The van der Waals surface area contributed by atoms with Crippen molar-refractivity contribution in [2.24, 2.45) is 11.8 Å². The van der Waals surface area contributed by atoms with Gasteiger partial charge in [-0.15, -0.1) is 0 Å². The average Bonchev–Trinajstić information content (AvgIpc) is 3.35. The summed E-state index contributed by atoms with van der Waals surface area (Å²) in [6, 6.07) is 4.37. The maximum Gasteiger partial charge on any atom is 0.271 e. The number of hydrogen-bond donors (Lipinski definition) is 1. The Bertz CT molecular complexity index is 845. The summed E-state index contributed by atoms with van der Waals surface area (Å²) in [4.78, 5) is 23.8. The molecule has 1 aromatic carbocycles. The maximum atomic E-state index is 13.9. The van der Waals surface area contributed by atoms with Crippen molar-refractivity contribution < 1.29 is 13.6 Å². The third kappa shape index (κ3) is 3.94. The molecule has 0 bridgehead atoms. The number of aromatic nitrogens is 2. The van der Waals surface area contributed by atoms with Gasteiger partial charge in [0.15, 0.2) is 11.6 Å². The fourth-order valence-electron chi connectivity index (χ4n) is 4.55. The molecule has 0 saturated carbocycles. The number of amides is 1. The normalized spacial score (nSPS) is 21.4. The lowest BCUT2D eigenvalue weighted by Crippen LogP contribution is -2.37. The number of H-pyrrole nitrogens is 1. The molecule has 1 N–H and O–H groups in total. The Hall–Kier alpha value is -2.28. The second-order valence-electron chi connectivity index (χ2n) is 8.01. The molecule has 3 heterocycles. The van der Waals surface area contributed by atoms with Crippen molar-refractivity contribution in [2.75, 3.05) is 26.2 Å². The van der Waals surface area contributed by atoms with E-state index in [0.717, 1.165) is 57.3 Å². The van der Waals surface area contributed by atoms with Crippen LogP contribution in [0.3, 0.4) is 0 Å². The van der Waals surface area contributed by atoms with Crippen LogP contribution in [0.15, 0.2) is 24.4 Å². The first-order valence-corrected chi connectivity index (χ1v) is 9.97. The molecule has 2 saturated heterocycles. The van der Waals surface area contributed by atoms with Crippen LogP contribution in [0.25, 0.3) is 0 Å². The first-order valence-electron chi connectivity index (χ1n) is 9.97. The summed E-state index contributed by atoms with van der Waals surface area (Å²) in [5.41, 5.74) is 0.982. The Balaban J connectivity index is 1.28. The SMILES string of the molecule is Cc1ncc(C(=O)N2CC[C@@H](C3CCN(Cc4cccc(F)c4F)CC3)C2)[nH]1. The van der Waals surface area contributed by atoms with Crippen LogP contribution < -0.4 is 0 Å². The number of likely N-dealkylation sites (tertiary alicyclic amines) is 2. The molecule has 4 rings (SSSR count). The summed E-state index contributed by atoms with van der Waals surface area (Å²) in [5.74, 6) is 0.360. The highest BCUT2D eigenvalue weighted by Crippen LogP contribution is 2.33. The number of hydrogen-bond acceptors (Lipinski definition) is 3. The lowest BCUT2D eigenvalue weighted by Gasteiger charge is -2.34. The molecular formula is C21H26F2N4O. The van der Waals surface area contributed by atoms with Crippen molar-refractivity contribution in [1.82, 2.24) is 19.8 Å². The molecule has 7 heteroatoms. The molecule has 0 aliphatic carbocycles. The van der Waals surface area contributed by atoms with Crippen molar-refractivity contribution in [3.8, 4) is 0 Å². The number of rotatable bonds is 4. The molecule has 5 nitrogen and oxygen atoms in total. The number of imidazole rings is 1. The van der Waals surface area contributed by atoms with E-state index in [1.54, 1.807) is 18.3 Å². The van der Waals surface area contributed by atoms with E-state index in [0.29, 0.717) is 29.6 Å². The van der Waals surface area contributed by atoms with Crippen LogP contribution in [-0.4, -0.2) is 51.9 Å². The van der Waals surface area contributed by atoms with Crippen LogP contribution in [0.5, 0.6) is 0 Å². The molecule has 2 aliphatic rings. The Morgan fingerprint density at radius 2 is 1.93 bits per heavy atom. The summed E-state index contributed by atoms with van der Waals surface area (Å²) in [6.45, 7) is 5.63. The molecule has 1 amide bonds. The Morgan fingerprint density at radius 1 is 1.18 bits per heavy atom. The molecule has 150 valence electrons. The fourth-order valence-corrected chi connectivity index (χ4v) is 4.55. The van der Waals surface area contributed by atoms with Gasteiger partial charge in [-0.2, -0.15) is 0 Å². The Kier molecular flexibility index (Phi) is 5.44. The van der Waals surface area contributed by atoms with Crippen LogP contribution in [0, 0.1) is 30.4 Å². The second kappa shape index (κ2) is 7.99. The largest absolute Gasteiger partial charge is 0.338 e. The summed E-state index contributed by atoms with van der Waals surface area (Å²) >= 11 is 0. The van der Waals surface area contributed by atoms with Crippen molar-refractivity contribution in [3.05, 3.63) is 53.1 Å². The van der Waals surface area contributed by atoms with Gasteiger partial charge < -0.3 is 9.88 Å². The van der Waals surface area contributed by atoms with Crippen molar-refractivity contribution in [2.45, 2.75) is 32.7 Å². The molecule has 0 unspecified atom stereocenters. The highest BCUT2D eigenvalue weighted by atomic mass is 19.2. The van der Waals surface area contributed by atoms with Gasteiger partial charge in [-0.1, -0.05) is 12.1 Å². The zero-order valence-corrected chi connectivity index (χ0v) is 16.1. The molecule has 2 aliphatic heterocycles. The van der Waals surface area contributed by atoms with Crippen molar-refractivity contribution in [3.63, 3.8) is 0 Å². The van der Waals surface area contributed by atoms with E-state index in [-0.39, 0.29) is 5.91 Å². The van der Waals surface area contributed by atoms with E-state index in [2.05, 4.69) is 14.9 Å². The number of benzene rings is 1. The van der Waals surface area contributed by atoms with E-state index in [1.807, 2.05) is 11.8 Å². The molecule has 1 atom stereocenters. The van der Waals surface area contributed by atoms with E-state index in [1.165, 1.54) is 0 Å². The number of piperidine rings is 1. The predicted octanol–water partition coefficient (Wildman–Crippen LogP) is 3.37. The summed E-state index contributed by atoms with van der Waals surface area (Å²) in [5, 5.41) is 0. The number of carbonyl (C=O) groups is 1. The first kappa shape index (κ1) is 19.1. The average molecular weight is 388 g/mol. The van der Waals surface area contributed by atoms with Crippen LogP contribution >= 0.6 is 0 Å². The second-order valence-corrected chi connectivity index (χ2v) is 8.01. The monoisotopic (exact) mass is 388 g/mol. The minimum Gasteiger partial charge on any atom is -0.338 e. The minimum atomic E-state index is -0.782. The zero-order chi connectivity index (χ0) is 19.7. The molecule has 1 aromatic heterocycles. The lowest BCUT2D eigenvalue weighted by molar-refractivity contribution is 0.0767. The predicted molar refractivity (Wildman–Crippen MR) is 102 cm³/mol. The Morgan fingerprint density at radius 3 is 2.64 bits per heavy atom. The van der Waals surface area contributed by atoms with Gasteiger partial charge >= 0.3 is 0 Å². The third-order valence-electron chi connectivity index (χ3n) is 6.17. The lowest BCUT2D eigenvalue weighted by atomic mass is 9.83. The maximum absolute atomic E-state index is 13.9. The van der Waals surface area contributed by atoms with E-state index in [4.69, 9.17) is 0 Å². The molecule has 0 radical (unpaired) electrons. The number of nitrogens with one attached hydrogen (secondary N) is 1. The number of carbonyl (C=O) groups excluding carboxylic acids is 1. The van der Waals surface area contributed by atoms with Gasteiger partial charge in [0, 0.05) is 25.2 Å². The summed E-state index contributed by atoms with van der Waals surface area (Å²) in [6.07, 6.45) is 4.71. The van der Waals surface area contributed by atoms with Crippen LogP contribution in [0.4, 0.5) is 8.78 Å². The zero-order valence-electron chi connectivity index (χ0n) is 16.1. The van der Waals surface area contributed by atoms with Crippen LogP contribution in [-0.2, 0) is 6.54 Å². The Labute approximate surface area is 163 Å². The van der Waals surface area contributed by atoms with E-state index < -0.39 is 11.6 Å². The first-order chi connectivity index (χ1) is 13.5. The topological polar surface area (TPSA) is 52.2 Å². The van der Waals surface area contributed by atoms with E-state index in [9.17, 15) is 13.6 Å². The van der Waals surface area contributed by atoms with Crippen molar-refractivity contribution >= 4 is 5.91 Å². The highest BCUT2D eigenvalue weighted by molar-refractivity contribution is 5.92. The van der Waals surface area contributed by atoms with Gasteiger partial charge in [0.2, 0.25) is 0 Å². The molecule has 2 fully saturated rings. The third-order valence-corrected chi connectivity index (χ3v) is 6.17. The van der Waals surface area contributed by atoms with Gasteiger partial charge in [-0.25, -0.2) is 13.8 Å². The molecule has 2 aromatic rings. The quantitative estimate of drug-likeness (QED) is 0.874. The molecule has 28 heavy (non-hydrogen) atoms.